The fourth-order valence-corrected chi connectivity index (χ4v) is 3.15. The summed E-state index contributed by atoms with van der Waals surface area (Å²) < 4.78 is 11.1. The zero-order valence-corrected chi connectivity index (χ0v) is 15.6. The number of amides is 3. The van der Waals surface area contributed by atoms with Crippen LogP contribution in [0.15, 0.2) is 41.1 Å². The molecule has 8 heteroatoms. The van der Waals surface area contributed by atoms with Crippen molar-refractivity contribution in [1.82, 2.24) is 15.2 Å². The van der Waals surface area contributed by atoms with Crippen molar-refractivity contribution < 1.29 is 18.7 Å². The molecular weight excluding hydrogens is 360 g/mol. The number of urea groups is 1. The molecule has 2 fully saturated rings. The number of furan rings is 1. The van der Waals surface area contributed by atoms with Gasteiger partial charge >= 0.3 is 6.03 Å². The third-order valence-electron chi connectivity index (χ3n) is 4.96. The number of hydrogen-bond acceptors (Lipinski definition) is 5. The van der Waals surface area contributed by atoms with E-state index in [0.29, 0.717) is 31.2 Å². The third-order valence-corrected chi connectivity index (χ3v) is 4.96. The van der Waals surface area contributed by atoms with E-state index in [1.54, 1.807) is 35.6 Å². The Labute approximate surface area is 163 Å². The first-order valence-electron chi connectivity index (χ1n) is 9.66. The maximum Gasteiger partial charge on any atom is 0.317 e. The van der Waals surface area contributed by atoms with Gasteiger partial charge in [-0.3, -0.25) is 4.79 Å². The van der Waals surface area contributed by atoms with Gasteiger partial charge in [-0.15, -0.1) is 0 Å². The molecule has 28 heavy (non-hydrogen) atoms. The molecule has 148 valence electrons. The monoisotopic (exact) mass is 384 g/mol. The molecule has 0 aromatic carbocycles. The minimum absolute atomic E-state index is 0.0218. The lowest BCUT2D eigenvalue weighted by Crippen LogP contribution is -2.46. The molecule has 2 N–H and O–H groups in total. The van der Waals surface area contributed by atoms with Gasteiger partial charge in [0.05, 0.1) is 24.7 Å². The van der Waals surface area contributed by atoms with Crippen LogP contribution in [0.1, 0.15) is 31.4 Å². The van der Waals surface area contributed by atoms with Crippen LogP contribution in [-0.2, 0) is 11.3 Å². The Morgan fingerprint density at radius 1 is 1.18 bits per heavy atom. The molecule has 3 heterocycles. The van der Waals surface area contributed by atoms with Gasteiger partial charge in [0.25, 0.3) is 0 Å². The Kier molecular flexibility index (Phi) is 5.45. The summed E-state index contributed by atoms with van der Waals surface area (Å²) in [5.74, 6) is 1.49. The summed E-state index contributed by atoms with van der Waals surface area (Å²) in [4.78, 5) is 30.0. The molecule has 0 unspecified atom stereocenters. The highest BCUT2D eigenvalue weighted by Gasteiger charge is 2.29. The quantitative estimate of drug-likeness (QED) is 0.798. The van der Waals surface area contributed by atoms with Gasteiger partial charge in [-0.25, -0.2) is 9.78 Å². The number of rotatable bonds is 6. The topological polar surface area (TPSA) is 96.7 Å². The molecule has 0 atom stereocenters. The Bertz CT molecular complexity index is 794. The van der Waals surface area contributed by atoms with Gasteiger partial charge in [-0.05, 0) is 31.0 Å². The minimum atomic E-state index is -0.0938. The lowest BCUT2D eigenvalue weighted by atomic mass is 10.1. The average molecular weight is 384 g/mol. The van der Waals surface area contributed by atoms with Crippen LogP contribution in [0.4, 0.5) is 10.5 Å². The van der Waals surface area contributed by atoms with Crippen LogP contribution < -0.4 is 15.4 Å². The lowest BCUT2D eigenvalue weighted by Gasteiger charge is -2.31. The molecule has 4 rings (SSSR count). The summed E-state index contributed by atoms with van der Waals surface area (Å²) >= 11 is 0. The highest BCUT2D eigenvalue weighted by molar-refractivity contribution is 5.93. The number of carbonyl (C=O) groups is 2. The van der Waals surface area contributed by atoms with Crippen molar-refractivity contribution in [2.24, 2.45) is 5.92 Å². The van der Waals surface area contributed by atoms with Gasteiger partial charge in [0.1, 0.15) is 11.9 Å². The smallest absolute Gasteiger partial charge is 0.317 e. The second-order valence-corrected chi connectivity index (χ2v) is 7.19. The number of piperidine rings is 1. The van der Waals surface area contributed by atoms with E-state index in [9.17, 15) is 9.59 Å². The molecule has 1 saturated heterocycles. The Morgan fingerprint density at radius 2 is 2.00 bits per heavy atom. The number of anilines is 1. The number of nitrogens with zero attached hydrogens (tertiary/aromatic N) is 2. The Hall–Kier alpha value is -3.03. The molecule has 3 amide bonds. The summed E-state index contributed by atoms with van der Waals surface area (Å²) in [6.07, 6.45) is 6.67. The van der Waals surface area contributed by atoms with Gasteiger partial charge < -0.3 is 24.7 Å². The number of pyridine rings is 1. The van der Waals surface area contributed by atoms with Crippen LogP contribution in [0, 0.1) is 5.92 Å². The SMILES string of the molecule is O=C(Nc1ccc(OC2CCN(C(=O)NCc3ccco3)CC2)nc1)C1CC1. The molecule has 2 aromatic rings. The third kappa shape index (κ3) is 4.82. The minimum Gasteiger partial charge on any atom is -0.474 e. The van der Waals surface area contributed by atoms with Gasteiger partial charge in [-0.2, -0.15) is 0 Å². The highest BCUT2D eigenvalue weighted by atomic mass is 16.5. The van der Waals surface area contributed by atoms with Gasteiger partial charge in [0.15, 0.2) is 0 Å². The van der Waals surface area contributed by atoms with Gasteiger partial charge in [0.2, 0.25) is 11.8 Å². The predicted molar refractivity (Wildman–Crippen MR) is 102 cm³/mol. The zero-order chi connectivity index (χ0) is 19.3. The van der Waals surface area contributed by atoms with Crippen molar-refractivity contribution in [2.45, 2.75) is 38.3 Å². The Balaban J connectivity index is 1.19. The second kappa shape index (κ2) is 8.33. The van der Waals surface area contributed by atoms with E-state index in [0.717, 1.165) is 31.4 Å². The van der Waals surface area contributed by atoms with Crippen molar-refractivity contribution in [3.63, 3.8) is 0 Å². The maximum atomic E-state index is 12.2. The van der Waals surface area contributed by atoms with E-state index in [1.807, 2.05) is 6.07 Å². The van der Waals surface area contributed by atoms with Crippen LogP contribution in [0.25, 0.3) is 0 Å². The maximum absolute atomic E-state index is 12.2. The van der Waals surface area contributed by atoms with Crippen LogP contribution in [0.5, 0.6) is 5.88 Å². The first kappa shape index (κ1) is 18.3. The predicted octanol–water partition coefficient (Wildman–Crippen LogP) is 2.78. The van der Waals surface area contributed by atoms with Crippen LogP contribution in [0.2, 0.25) is 0 Å². The molecule has 8 nitrogen and oxygen atoms in total. The number of ether oxygens (including phenoxy) is 1. The fraction of sp³-hybridized carbons (Fsp3) is 0.450. The summed E-state index contributed by atoms with van der Waals surface area (Å²) in [5, 5.41) is 5.72. The largest absolute Gasteiger partial charge is 0.474 e. The fourth-order valence-electron chi connectivity index (χ4n) is 3.15. The normalized spacial score (nSPS) is 17.2. The van der Waals surface area contributed by atoms with E-state index < -0.39 is 0 Å². The lowest BCUT2D eigenvalue weighted by molar-refractivity contribution is -0.117. The standard InChI is InChI=1S/C20H24N4O4/c25-19(14-3-4-14)23-15-5-6-18(21-12-15)28-16-7-9-24(10-8-16)20(26)22-13-17-2-1-11-27-17/h1-2,5-6,11-12,14,16H,3-4,7-10,13H2,(H,22,26)(H,23,25). The van der Waals surface area contributed by atoms with E-state index in [2.05, 4.69) is 15.6 Å². The molecule has 1 saturated carbocycles. The molecule has 2 aromatic heterocycles. The van der Waals surface area contributed by atoms with Crippen molar-refractivity contribution >= 4 is 17.6 Å². The summed E-state index contributed by atoms with van der Waals surface area (Å²) in [6.45, 7) is 1.64. The number of hydrogen-bond donors (Lipinski definition) is 2. The zero-order valence-electron chi connectivity index (χ0n) is 15.6. The van der Waals surface area contributed by atoms with Crippen LogP contribution >= 0.6 is 0 Å². The van der Waals surface area contributed by atoms with E-state index in [-0.39, 0.29) is 24.0 Å². The van der Waals surface area contributed by atoms with Crippen molar-refractivity contribution in [2.75, 3.05) is 18.4 Å². The molecule has 0 bridgehead atoms. The molecule has 1 aliphatic carbocycles. The molecular formula is C20H24N4O4. The number of nitrogens with one attached hydrogen (secondary N) is 2. The van der Waals surface area contributed by atoms with Gasteiger partial charge in [-0.1, -0.05) is 0 Å². The van der Waals surface area contributed by atoms with Crippen LogP contribution in [0.3, 0.4) is 0 Å². The molecule has 0 radical (unpaired) electrons. The summed E-state index contributed by atoms with van der Waals surface area (Å²) in [6, 6.07) is 7.11. The molecule has 1 aliphatic heterocycles. The van der Waals surface area contributed by atoms with Gasteiger partial charge in [0, 0.05) is 37.9 Å². The van der Waals surface area contributed by atoms with Crippen molar-refractivity contribution in [3.05, 3.63) is 42.5 Å². The highest BCUT2D eigenvalue weighted by Crippen LogP contribution is 2.30. The average Bonchev–Trinajstić information content (AvgIpc) is 3.44. The number of likely N-dealkylation sites (tertiary alicyclic amines) is 1. The Morgan fingerprint density at radius 3 is 2.64 bits per heavy atom. The summed E-state index contributed by atoms with van der Waals surface area (Å²) in [5.41, 5.74) is 0.687. The van der Waals surface area contributed by atoms with Crippen LogP contribution in [-0.4, -0.2) is 41.0 Å². The first-order valence-corrected chi connectivity index (χ1v) is 9.66. The summed E-state index contributed by atoms with van der Waals surface area (Å²) in [7, 11) is 0. The van der Waals surface area contributed by atoms with E-state index in [1.165, 1.54) is 0 Å². The van der Waals surface area contributed by atoms with E-state index >= 15 is 0 Å². The van der Waals surface area contributed by atoms with Crippen molar-refractivity contribution in [3.8, 4) is 5.88 Å². The molecule has 2 aliphatic rings. The second-order valence-electron chi connectivity index (χ2n) is 7.19. The molecule has 0 spiro atoms. The van der Waals surface area contributed by atoms with E-state index in [4.69, 9.17) is 9.15 Å². The number of aromatic nitrogens is 1. The first-order chi connectivity index (χ1) is 13.7. The van der Waals surface area contributed by atoms with Crippen molar-refractivity contribution in [1.29, 1.82) is 0 Å². The number of carbonyl (C=O) groups excluding carboxylic acids is 2.